The summed E-state index contributed by atoms with van der Waals surface area (Å²) in [4.78, 5) is 11.7. The van der Waals surface area contributed by atoms with E-state index < -0.39 is 0 Å². The van der Waals surface area contributed by atoms with Crippen molar-refractivity contribution in [3.63, 3.8) is 0 Å². The van der Waals surface area contributed by atoms with Crippen LogP contribution in [0.2, 0.25) is 0 Å². The zero-order valence-corrected chi connectivity index (χ0v) is 13.8. The van der Waals surface area contributed by atoms with Gasteiger partial charge in [-0.2, -0.15) is 0 Å². The van der Waals surface area contributed by atoms with Crippen molar-refractivity contribution in [1.82, 2.24) is 0 Å². The average molecular weight is 302 g/mol. The van der Waals surface area contributed by atoms with Gasteiger partial charge in [-0.05, 0) is 72.6 Å². The fraction of sp³-hybridized carbons (Fsp3) is 0.632. The molecule has 2 N–H and O–H groups in total. The molecule has 0 saturated heterocycles. The number of aliphatic hydroxyl groups is 1. The number of phenols is 1. The highest BCUT2D eigenvalue weighted by atomic mass is 16.3. The van der Waals surface area contributed by atoms with Gasteiger partial charge in [0.05, 0.1) is 5.56 Å². The van der Waals surface area contributed by atoms with Crippen molar-refractivity contribution in [3.05, 3.63) is 28.8 Å². The van der Waals surface area contributed by atoms with Crippen LogP contribution in [-0.2, 0) is 11.8 Å². The number of hydrogen-bond donors (Lipinski definition) is 2. The third-order valence-electron chi connectivity index (χ3n) is 6.33. The third kappa shape index (κ3) is 2.10. The van der Waals surface area contributed by atoms with E-state index in [9.17, 15) is 15.0 Å². The Balaban J connectivity index is 2.13. The number of aromatic hydroxyl groups is 1. The fourth-order valence-electron chi connectivity index (χ4n) is 5.11. The summed E-state index contributed by atoms with van der Waals surface area (Å²) in [6.07, 6.45) is 5.21. The van der Waals surface area contributed by atoms with E-state index in [1.54, 1.807) is 0 Å². The van der Waals surface area contributed by atoms with E-state index in [-0.39, 0.29) is 29.0 Å². The second-order valence-electron chi connectivity index (χ2n) is 7.76. The predicted octanol–water partition coefficient (Wildman–Crippen LogP) is 3.60. The summed E-state index contributed by atoms with van der Waals surface area (Å²) in [5, 5.41) is 20.2. The lowest BCUT2D eigenvalue weighted by atomic mass is 9.50. The van der Waals surface area contributed by atoms with Gasteiger partial charge in [0, 0.05) is 6.61 Å². The van der Waals surface area contributed by atoms with Crippen LogP contribution in [0.5, 0.6) is 5.75 Å². The van der Waals surface area contributed by atoms with Crippen molar-refractivity contribution in [2.75, 3.05) is 6.61 Å². The lowest BCUT2D eigenvalue weighted by molar-refractivity contribution is -0.0179. The van der Waals surface area contributed by atoms with Crippen molar-refractivity contribution in [1.29, 1.82) is 0 Å². The lowest BCUT2D eigenvalue weighted by Crippen LogP contribution is -2.50. The molecule has 1 aromatic carbocycles. The van der Waals surface area contributed by atoms with Gasteiger partial charge in [-0.3, -0.25) is 4.79 Å². The zero-order chi connectivity index (χ0) is 16.1. The van der Waals surface area contributed by atoms with Gasteiger partial charge in [-0.25, -0.2) is 0 Å². The van der Waals surface area contributed by atoms with Crippen LogP contribution in [0.15, 0.2) is 12.1 Å². The topological polar surface area (TPSA) is 57.5 Å². The van der Waals surface area contributed by atoms with Crippen molar-refractivity contribution >= 4 is 5.78 Å². The highest BCUT2D eigenvalue weighted by molar-refractivity contribution is 5.97. The molecule has 1 aromatic rings. The van der Waals surface area contributed by atoms with Gasteiger partial charge in [0.2, 0.25) is 0 Å². The lowest BCUT2D eigenvalue weighted by Gasteiger charge is -2.55. The molecule has 120 valence electrons. The highest BCUT2D eigenvalue weighted by Crippen LogP contribution is 2.57. The summed E-state index contributed by atoms with van der Waals surface area (Å²) in [6.45, 7) is 6.19. The third-order valence-corrected chi connectivity index (χ3v) is 6.33. The largest absolute Gasteiger partial charge is 0.507 e. The van der Waals surface area contributed by atoms with E-state index in [0.29, 0.717) is 11.5 Å². The molecule has 0 aliphatic heterocycles. The van der Waals surface area contributed by atoms with Crippen LogP contribution in [0.1, 0.15) is 67.9 Å². The number of phenolic OH excluding ortho intramolecular Hbond substituents is 1. The highest BCUT2D eigenvalue weighted by Gasteiger charge is 2.51. The molecule has 2 aliphatic carbocycles. The molecule has 0 heterocycles. The number of carbonyl (C=O) groups excluding carboxylic acids is 1. The Kier molecular flexibility index (Phi) is 3.59. The molecule has 3 nitrogen and oxygen atoms in total. The molecule has 1 fully saturated rings. The molecule has 0 bridgehead atoms. The van der Waals surface area contributed by atoms with Crippen molar-refractivity contribution in [2.45, 2.75) is 58.3 Å². The van der Waals surface area contributed by atoms with Gasteiger partial charge < -0.3 is 10.2 Å². The predicted molar refractivity (Wildman–Crippen MR) is 86.3 cm³/mol. The number of hydrogen-bond acceptors (Lipinski definition) is 3. The number of Topliss-reactive ketones (excluding diaryl/α,β-unsaturated/α-hetero) is 1. The van der Waals surface area contributed by atoms with Crippen LogP contribution < -0.4 is 0 Å². The summed E-state index contributed by atoms with van der Waals surface area (Å²) in [5.41, 5.74) is 2.76. The Bertz CT molecular complexity index is 621. The minimum atomic E-state index is -0.0867. The monoisotopic (exact) mass is 302 g/mol. The first-order valence-corrected chi connectivity index (χ1v) is 8.30. The van der Waals surface area contributed by atoms with Gasteiger partial charge >= 0.3 is 0 Å². The number of benzene rings is 1. The van der Waals surface area contributed by atoms with E-state index >= 15 is 0 Å². The average Bonchev–Trinajstić information content (AvgIpc) is 2.47. The molecule has 3 atom stereocenters. The minimum Gasteiger partial charge on any atom is -0.507 e. The number of aryl methyl sites for hydroxylation is 1. The van der Waals surface area contributed by atoms with Gasteiger partial charge in [0.1, 0.15) is 5.75 Å². The summed E-state index contributed by atoms with van der Waals surface area (Å²) in [5.74, 6) is 0.439. The maximum absolute atomic E-state index is 11.7. The number of carbonyl (C=O) groups is 1. The second kappa shape index (κ2) is 5.09. The van der Waals surface area contributed by atoms with Gasteiger partial charge in [0.25, 0.3) is 0 Å². The zero-order valence-electron chi connectivity index (χ0n) is 13.8. The summed E-state index contributed by atoms with van der Waals surface area (Å²) >= 11 is 0. The summed E-state index contributed by atoms with van der Waals surface area (Å²) < 4.78 is 0. The number of rotatable bonds is 2. The van der Waals surface area contributed by atoms with Crippen molar-refractivity contribution in [2.24, 2.45) is 11.3 Å². The molecule has 0 spiro atoms. The maximum Gasteiger partial charge on any atom is 0.163 e. The maximum atomic E-state index is 11.7. The Morgan fingerprint density at radius 3 is 2.68 bits per heavy atom. The van der Waals surface area contributed by atoms with Crippen LogP contribution in [-0.4, -0.2) is 22.6 Å². The molecule has 0 aromatic heterocycles. The number of ketones is 1. The van der Waals surface area contributed by atoms with E-state index in [2.05, 4.69) is 13.8 Å². The second-order valence-corrected chi connectivity index (χ2v) is 7.76. The van der Waals surface area contributed by atoms with E-state index in [1.807, 2.05) is 12.1 Å². The first-order valence-electron chi connectivity index (χ1n) is 8.30. The summed E-state index contributed by atoms with van der Waals surface area (Å²) in [7, 11) is 0. The Labute approximate surface area is 132 Å². The van der Waals surface area contributed by atoms with E-state index in [0.717, 1.165) is 32.1 Å². The first kappa shape index (κ1) is 15.5. The van der Waals surface area contributed by atoms with Crippen molar-refractivity contribution < 1.29 is 15.0 Å². The smallest absolute Gasteiger partial charge is 0.163 e. The van der Waals surface area contributed by atoms with E-state index in [4.69, 9.17) is 0 Å². The van der Waals surface area contributed by atoms with Crippen LogP contribution >= 0.6 is 0 Å². The molecule has 2 aliphatic rings. The van der Waals surface area contributed by atoms with E-state index in [1.165, 1.54) is 18.1 Å². The van der Waals surface area contributed by atoms with Gasteiger partial charge in [-0.1, -0.05) is 20.3 Å². The molecule has 3 rings (SSSR count). The molecular formula is C19H26O3. The molecular weight excluding hydrogens is 276 g/mol. The number of fused-ring (bicyclic) bond motifs is 3. The molecule has 0 amide bonds. The van der Waals surface area contributed by atoms with Crippen molar-refractivity contribution in [3.8, 4) is 5.75 Å². The number of aliphatic hydroxyl groups excluding tert-OH is 1. The van der Waals surface area contributed by atoms with Crippen LogP contribution in [0, 0.1) is 11.3 Å². The minimum absolute atomic E-state index is 0.0177. The normalized spacial score (nSPS) is 33.9. The molecule has 3 heteroatoms. The van der Waals surface area contributed by atoms with Gasteiger partial charge in [0.15, 0.2) is 5.78 Å². The molecule has 0 unspecified atom stereocenters. The fourth-order valence-corrected chi connectivity index (χ4v) is 5.11. The van der Waals surface area contributed by atoms with Crippen LogP contribution in [0.4, 0.5) is 0 Å². The first-order chi connectivity index (χ1) is 10.3. The Morgan fingerprint density at radius 1 is 1.32 bits per heavy atom. The molecule has 1 saturated carbocycles. The quantitative estimate of drug-likeness (QED) is 0.821. The standard InChI is InChI=1S/C19H26O3/c1-12(21)14-9-13-5-6-17-18(2,11-20)7-4-8-19(17,3)15(13)10-16(14)22/h9-10,17,20,22H,4-8,11H2,1-3H3/t17-,18+,19+/m0/s1. The SMILES string of the molecule is CC(=O)c1cc2c(cc1O)[C@@]1(C)CCC[C@](C)(CO)[C@@H]1CC2. The Morgan fingerprint density at radius 2 is 2.05 bits per heavy atom. The van der Waals surface area contributed by atoms with Crippen LogP contribution in [0.25, 0.3) is 0 Å². The summed E-state index contributed by atoms with van der Waals surface area (Å²) in [6, 6.07) is 3.71. The molecule has 0 radical (unpaired) electrons. The van der Waals surface area contributed by atoms with Crippen LogP contribution in [0.3, 0.4) is 0 Å². The molecule has 22 heavy (non-hydrogen) atoms. The Hall–Kier alpha value is -1.35. The van der Waals surface area contributed by atoms with Gasteiger partial charge in [-0.15, -0.1) is 0 Å².